The zero-order valence-corrected chi connectivity index (χ0v) is 14.8. The molecule has 0 unspecified atom stereocenters. The highest BCUT2D eigenvalue weighted by atomic mass is 79.9. The van der Waals surface area contributed by atoms with Crippen molar-refractivity contribution in [2.45, 2.75) is 25.9 Å². The summed E-state index contributed by atoms with van der Waals surface area (Å²) in [4.78, 5) is 14.6. The van der Waals surface area contributed by atoms with E-state index in [9.17, 15) is 4.79 Å². The van der Waals surface area contributed by atoms with E-state index in [1.165, 1.54) is 5.69 Å². The number of piperidine rings is 1. The lowest BCUT2D eigenvalue weighted by molar-refractivity contribution is 0.0244. The van der Waals surface area contributed by atoms with Gasteiger partial charge in [0.15, 0.2) is 0 Å². The first-order valence-electron chi connectivity index (χ1n) is 7.90. The molecule has 0 bridgehead atoms. The third-order valence-electron chi connectivity index (χ3n) is 4.27. The Hall–Kier alpha value is -1.81. The van der Waals surface area contributed by atoms with Crippen LogP contribution in [0.15, 0.2) is 53.0 Å². The van der Waals surface area contributed by atoms with Crippen LogP contribution in [0.1, 0.15) is 28.8 Å². The van der Waals surface area contributed by atoms with Crippen molar-refractivity contribution in [1.29, 1.82) is 0 Å². The lowest BCUT2D eigenvalue weighted by Crippen LogP contribution is -2.37. The minimum atomic E-state index is -0.204. The van der Waals surface area contributed by atoms with E-state index >= 15 is 0 Å². The molecule has 1 aliphatic heterocycles. The Morgan fingerprint density at radius 1 is 1.09 bits per heavy atom. The Morgan fingerprint density at radius 2 is 1.74 bits per heavy atom. The number of carbonyl (C=O) groups is 1. The number of hydrogen-bond acceptors (Lipinski definition) is 3. The molecule has 1 fully saturated rings. The molecule has 0 spiro atoms. The van der Waals surface area contributed by atoms with Gasteiger partial charge < -0.3 is 9.64 Å². The van der Waals surface area contributed by atoms with Gasteiger partial charge in [-0.2, -0.15) is 0 Å². The molecule has 120 valence electrons. The molecule has 0 saturated carbocycles. The van der Waals surface area contributed by atoms with Crippen molar-refractivity contribution >= 4 is 27.6 Å². The maximum Gasteiger partial charge on any atom is 0.338 e. The van der Waals surface area contributed by atoms with E-state index in [0.717, 1.165) is 36.0 Å². The van der Waals surface area contributed by atoms with E-state index in [4.69, 9.17) is 4.74 Å². The first-order chi connectivity index (χ1) is 11.1. The standard InChI is InChI=1S/C19H20BrNO2/c1-14-4-2-3-5-18(14)19(22)23-17-10-12-21(13-11-17)16-8-6-15(20)7-9-16/h2-9,17H,10-13H2,1H3. The summed E-state index contributed by atoms with van der Waals surface area (Å²) in [6.07, 6.45) is 1.75. The molecule has 1 saturated heterocycles. The summed E-state index contributed by atoms with van der Waals surface area (Å²) in [5.74, 6) is -0.204. The molecule has 2 aromatic rings. The molecular weight excluding hydrogens is 354 g/mol. The van der Waals surface area contributed by atoms with Crippen molar-refractivity contribution in [3.8, 4) is 0 Å². The Kier molecular flexibility index (Phi) is 5.01. The maximum absolute atomic E-state index is 12.3. The fourth-order valence-corrected chi connectivity index (χ4v) is 3.16. The normalized spacial score (nSPS) is 15.5. The molecular formula is C19H20BrNO2. The SMILES string of the molecule is Cc1ccccc1C(=O)OC1CCN(c2ccc(Br)cc2)CC1. The van der Waals surface area contributed by atoms with E-state index in [2.05, 4.69) is 45.1 Å². The quantitative estimate of drug-likeness (QED) is 0.737. The van der Waals surface area contributed by atoms with Gasteiger partial charge in [-0.3, -0.25) is 0 Å². The second-order valence-corrected chi connectivity index (χ2v) is 6.80. The van der Waals surface area contributed by atoms with E-state index in [1.54, 1.807) is 0 Å². The van der Waals surface area contributed by atoms with E-state index in [0.29, 0.717) is 5.56 Å². The fraction of sp³-hybridized carbons (Fsp3) is 0.316. The largest absolute Gasteiger partial charge is 0.459 e. The number of esters is 1. The average molecular weight is 374 g/mol. The number of hydrogen-bond donors (Lipinski definition) is 0. The second-order valence-electron chi connectivity index (χ2n) is 5.88. The number of nitrogens with zero attached hydrogens (tertiary/aromatic N) is 1. The van der Waals surface area contributed by atoms with Gasteiger partial charge in [-0.25, -0.2) is 4.79 Å². The topological polar surface area (TPSA) is 29.5 Å². The molecule has 1 aliphatic rings. The predicted octanol–water partition coefficient (Wildman–Crippen LogP) is 4.58. The number of anilines is 1. The van der Waals surface area contributed by atoms with Gasteiger partial charge in [0.25, 0.3) is 0 Å². The van der Waals surface area contributed by atoms with Crippen molar-refractivity contribution in [2.24, 2.45) is 0 Å². The Balaban J connectivity index is 1.56. The van der Waals surface area contributed by atoms with E-state index in [1.807, 2.05) is 31.2 Å². The summed E-state index contributed by atoms with van der Waals surface area (Å²) < 4.78 is 6.77. The van der Waals surface area contributed by atoms with Gasteiger partial charge >= 0.3 is 5.97 Å². The van der Waals surface area contributed by atoms with Crippen LogP contribution in [0.3, 0.4) is 0 Å². The van der Waals surface area contributed by atoms with Gasteiger partial charge in [-0.15, -0.1) is 0 Å². The molecule has 0 aliphatic carbocycles. The summed E-state index contributed by atoms with van der Waals surface area (Å²) >= 11 is 3.46. The minimum absolute atomic E-state index is 0.00815. The van der Waals surface area contributed by atoms with Gasteiger partial charge in [-0.05, 0) is 42.8 Å². The lowest BCUT2D eigenvalue weighted by Gasteiger charge is -2.33. The summed E-state index contributed by atoms with van der Waals surface area (Å²) in [5, 5.41) is 0. The van der Waals surface area contributed by atoms with Gasteiger partial charge in [0.1, 0.15) is 6.10 Å². The molecule has 3 rings (SSSR count). The van der Waals surface area contributed by atoms with Crippen LogP contribution >= 0.6 is 15.9 Å². The number of rotatable bonds is 3. The molecule has 0 amide bonds. The second kappa shape index (κ2) is 7.18. The molecule has 2 aromatic carbocycles. The van der Waals surface area contributed by atoms with Gasteiger partial charge in [0.2, 0.25) is 0 Å². The number of benzene rings is 2. The molecule has 0 radical (unpaired) electrons. The van der Waals surface area contributed by atoms with Crippen LogP contribution in [0, 0.1) is 6.92 Å². The molecule has 4 heteroatoms. The number of aryl methyl sites for hydroxylation is 1. The van der Waals surface area contributed by atoms with Crippen LogP contribution in [-0.4, -0.2) is 25.2 Å². The highest BCUT2D eigenvalue weighted by molar-refractivity contribution is 9.10. The van der Waals surface area contributed by atoms with Crippen LogP contribution in [-0.2, 0) is 4.74 Å². The first kappa shape index (κ1) is 16.1. The van der Waals surface area contributed by atoms with Crippen molar-refractivity contribution < 1.29 is 9.53 Å². The van der Waals surface area contributed by atoms with Gasteiger partial charge in [0, 0.05) is 36.1 Å². The first-order valence-corrected chi connectivity index (χ1v) is 8.70. The maximum atomic E-state index is 12.3. The van der Waals surface area contributed by atoms with Crippen molar-refractivity contribution in [2.75, 3.05) is 18.0 Å². The number of carbonyl (C=O) groups excluding carboxylic acids is 1. The molecule has 23 heavy (non-hydrogen) atoms. The lowest BCUT2D eigenvalue weighted by atomic mass is 10.1. The minimum Gasteiger partial charge on any atom is -0.459 e. The number of ether oxygens (including phenoxy) is 1. The van der Waals surface area contributed by atoms with Crippen LogP contribution in [0.4, 0.5) is 5.69 Å². The van der Waals surface area contributed by atoms with E-state index < -0.39 is 0 Å². The highest BCUT2D eigenvalue weighted by Gasteiger charge is 2.23. The summed E-state index contributed by atoms with van der Waals surface area (Å²) in [7, 11) is 0. The van der Waals surface area contributed by atoms with Gasteiger partial charge in [-0.1, -0.05) is 34.1 Å². The van der Waals surface area contributed by atoms with Crippen molar-refractivity contribution in [3.05, 3.63) is 64.1 Å². The van der Waals surface area contributed by atoms with Crippen LogP contribution in [0.5, 0.6) is 0 Å². The molecule has 1 heterocycles. The third kappa shape index (κ3) is 3.94. The molecule has 3 nitrogen and oxygen atoms in total. The zero-order chi connectivity index (χ0) is 16.2. The summed E-state index contributed by atoms with van der Waals surface area (Å²) in [6.45, 7) is 3.76. The Bertz CT molecular complexity index is 676. The van der Waals surface area contributed by atoms with Crippen molar-refractivity contribution in [1.82, 2.24) is 0 Å². The smallest absolute Gasteiger partial charge is 0.338 e. The third-order valence-corrected chi connectivity index (χ3v) is 4.80. The summed E-state index contributed by atoms with van der Waals surface area (Å²) in [5.41, 5.74) is 2.85. The van der Waals surface area contributed by atoms with Gasteiger partial charge in [0.05, 0.1) is 5.56 Å². The van der Waals surface area contributed by atoms with E-state index in [-0.39, 0.29) is 12.1 Å². The predicted molar refractivity (Wildman–Crippen MR) is 96.0 cm³/mol. The Labute approximate surface area is 145 Å². The van der Waals surface area contributed by atoms with Crippen LogP contribution < -0.4 is 4.90 Å². The van der Waals surface area contributed by atoms with Crippen LogP contribution in [0.2, 0.25) is 0 Å². The zero-order valence-electron chi connectivity index (χ0n) is 13.2. The van der Waals surface area contributed by atoms with Crippen LogP contribution in [0.25, 0.3) is 0 Å². The average Bonchev–Trinajstić information content (AvgIpc) is 2.57. The molecule has 0 atom stereocenters. The Morgan fingerprint density at radius 3 is 2.39 bits per heavy atom. The fourth-order valence-electron chi connectivity index (χ4n) is 2.90. The molecule has 0 N–H and O–H groups in total. The van der Waals surface area contributed by atoms with Crippen molar-refractivity contribution in [3.63, 3.8) is 0 Å². The summed E-state index contributed by atoms with van der Waals surface area (Å²) in [6, 6.07) is 15.9. The monoisotopic (exact) mass is 373 g/mol. The highest BCUT2D eigenvalue weighted by Crippen LogP contribution is 2.24. The molecule has 0 aromatic heterocycles. The number of halogens is 1.